The van der Waals surface area contributed by atoms with Crippen molar-refractivity contribution in [2.45, 2.75) is 25.7 Å². The third-order valence-electron chi connectivity index (χ3n) is 4.24. The molecule has 3 rings (SSSR count). The second kappa shape index (κ2) is 7.14. The lowest BCUT2D eigenvalue weighted by Crippen LogP contribution is -2.25. The lowest BCUT2D eigenvalue weighted by molar-refractivity contribution is 0.0956. The molecule has 3 nitrogen and oxygen atoms in total. The molecule has 0 atom stereocenters. The highest BCUT2D eigenvalue weighted by molar-refractivity contribution is 7.99. The molecule has 0 spiro atoms. The fourth-order valence-corrected chi connectivity index (χ4v) is 3.75. The molecule has 0 aliphatic heterocycles. The molecule has 0 aliphatic rings. The van der Waals surface area contributed by atoms with Gasteiger partial charge in [-0.2, -0.15) is 0 Å². The zero-order valence-corrected chi connectivity index (χ0v) is 15.1. The van der Waals surface area contributed by atoms with Crippen molar-refractivity contribution in [2.24, 2.45) is 0 Å². The topological polar surface area (TPSA) is 44.9 Å². The van der Waals surface area contributed by atoms with Crippen molar-refractivity contribution >= 4 is 28.6 Å². The number of rotatable bonds is 5. The predicted molar refractivity (Wildman–Crippen MR) is 102 cm³/mol. The van der Waals surface area contributed by atoms with Crippen LogP contribution in [0.5, 0.6) is 0 Å². The normalized spacial score (nSPS) is 11.0. The van der Waals surface area contributed by atoms with Crippen molar-refractivity contribution in [3.63, 3.8) is 0 Å². The van der Waals surface area contributed by atoms with Crippen LogP contribution in [-0.4, -0.2) is 23.2 Å². The van der Waals surface area contributed by atoms with E-state index in [2.05, 4.69) is 42.3 Å². The van der Waals surface area contributed by atoms with Gasteiger partial charge in [-0.05, 0) is 50.1 Å². The van der Waals surface area contributed by atoms with Crippen LogP contribution in [0, 0.1) is 20.8 Å². The van der Waals surface area contributed by atoms with E-state index in [1.165, 1.54) is 21.5 Å². The van der Waals surface area contributed by atoms with Gasteiger partial charge < -0.3 is 10.3 Å². The number of carbonyl (C=O) groups excluding carboxylic acids is 1. The number of para-hydroxylation sites is 1. The van der Waals surface area contributed by atoms with Crippen LogP contribution in [0.1, 0.15) is 27.2 Å². The van der Waals surface area contributed by atoms with Crippen LogP contribution in [0.15, 0.2) is 47.4 Å². The minimum atomic E-state index is -0.00523. The molecular formula is C20H22N2OS. The van der Waals surface area contributed by atoms with Gasteiger partial charge in [0, 0.05) is 39.4 Å². The number of hydrogen-bond donors (Lipinski definition) is 2. The van der Waals surface area contributed by atoms with Gasteiger partial charge in [0.05, 0.1) is 0 Å². The van der Waals surface area contributed by atoms with Crippen LogP contribution in [0.4, 0.5) is 0 Å². The predicted octanol–water partition coefficient (Wildman–Crippen LogP) is 4.62. The Kier molecular flexibility index (Phi) is 4.95. The average Bonchev–Trinajstić information content (AvgIpc) is 2.89. The highest BCUT2D eigenvalue weighted by Crippen LogP contribution is 2.30. The monoisotopic (exact) mass is 338 g/mol. The fraction of sp³-hybridized carbons (Fsp3) is 0.250. The summed E-state index contributed by atoms with van der Waals surface area (Å²) in [5, 5.41) is 4.26. The molecule has 124 valence electrons. The number of aromatic amines is 1. The molecule has 2 N–H and O–H groups in total. The van der Waals surface area contributed by atoms with Gasteiger partial charge in [-0.15, -0.1) is 11.8 Å². The van der Waals surface area contributed by atoms with Gasteiger partial charge in [-0.1, -0.05) is 24.3 Å². The Labute approximate surface area is 146 Å². The number of hydrogen-bond acceptors (Lipinski definition) is 2. The van der Waals surface area contributed by atoms with Crippen molar-refractivity contribution in [1.29, 1.82) is 0 Å². The molecule has 1 heterocycles. The molecule has 0 fully saturated rings. The summed E-state index contributed by atoms with van der Waals surface area (Å²) >= 11 is 1.78. The first-order valence-electron chi connectivity index (χ1n) is 8.12. The van der Waals surface area contributed by atoms with Gasteiger partial charge in [0.15, 0.2) is 0 Å². The Morgan fingerprint density at radius 3 is 2.67 bits per heavy atom. The van der Waals surface area contributed by atoms with Crippen molar-refractivity contribution in [3.05, 3.63) is 64.8 Å². The largest absolute Gasteiger partial charge is 0.358 e. The second-order valence-electron chi connectivity index (χ2n) is 6.03. The highest BCUT2D eigenvalue weighted by atomic mass is 32.2. The number of H-pyrrole nitrogens is 1. The molecule has 0 unspecified atom stereocenters. The Balaban J connectivity index is 1.57. The third-order valence-corrected chi connectivity index (χ3v) is 5.46. The van der Waals surface area contributed by atoms with Gasteiger partial charge in [-0.3, -0.25) is 4.79 Å². The van der Waals surface area contributed by atoms with E-state index >= 15 is 0 Å². The van der Waals surface area contributed by atoms with Crippen LogP contribution in [0.25, 0.3) is 10.9 Å². The molecule has 1 aromatic heterocycles. The van der Waals surface area contributed by atoms with Gasteiger partial charge in [-0.25, -0.2) is 0 Å². The summed E-state index contributed by atoms with van der Waals surface area (Å²) < 4.78 is 0. The van der Waals surface area contributed by atoms with Gasteiger partial charge >= 0.3 is 0 Å². The Morgan fingerprint density at radius 2 is 1.88 bits per heavy atom. The maximum Gasteiger partial charge on any atom is 0.251 e. The Bertz CT molecular complexity index is 882. The SMILES string of the molecule is Cc1ccc(C(=O)NCCSc2c(C)[nH]c3ccccc23)cc1C. The van der Waals surface area contributed by atoms with Crippen molar-refractivity contribution in [2.75, 3.05) is 12.3 Å². The summed E-state index contributed by atoms with van der Waals surface area (Å²) in [4.78, 5) is 16.9. The smallest absolute Gasteiger partial charge is 0.251 e. The van der Waals surface area contributed by atoms with E-state index in [1.54, 1.807) is 11.8 Å². The molecule has 0 aliphatic carbocycles. The lowest BCUT2D eigenvalue weighted by Gasteiger charge is -2.07. The number of fused-ring (bicyclic) bond motifs is 1. The number of benzene rings is 2. The molecule has 0 saturated heterocycles. The number of nitrogens with one attached hydrogen (secondary N) is 2. The zero-order valence-electron chi connectivity index (χ0n) is 14.3. The van der Waals surface area contributed by atoms with Crippen LogP contribution in [-0.2, 0) is 0 Å². The quantitative estimate of drug-likeness (QED) is 0.527. The maximum absolute atomic E-state index is 12.2. The number of amides is 1. The molecule has 3 aromatic rings. The van der Waals surface area contributed by atoms with Gasteiger partial charge in [0.1, 0.15) is 0 Å². The lowest BCUT2D eigenvalue weighted by atomic mass is 10.1. The summed E-state index contributed by atoms with van der Waals surface area (Å²) in [5.41, 5.74) is 5.42. The minimum Gasteiger partial charge on any atom is -0.358 e. The highest BCUT2D eigenvalue weighted by Gasteiger charge is 2.09. The average molecular weight is 338 g/mol. The standard InChI is InChI=1S/C20H22N2OS/c1-13-8-9-16(12-14(13)2)20(23)21-10-11-24-19-15(3)22-18-7-5-4-6-17(18)19/h4-9,12,22H,10-11H2,1-3H3,(H,21,23). The summed E-state index contributed by atoms with van der Waals surface area (Å²) in [6, 6.07) is 14.1. The summed E-state index contributed by atoms with van der Waals surface area (Å²) in [7, 11) is 0. The van der Waals surface area contributed by atoms with E-state index in [0.717, 1.165) is 22.4 Å². The van der Waals surface area contributed by atoms with E-state index in [0.29, 0.717) is 6.54 Å². The van der Waals surface area contributed by atoms with Crippen molar-refractivity contribution in [1.82, 2.24) is 10.3 Å². The van der Waals surface area contributed by atoms with Crippen LogP contribution in [0.3, 0.4) is 0 Å². The van der Waals surface area contributed by atoms with Crippen LogP contribution >= 0.6 is 11.8 Å². The first-order valence-corrected chi connectivity index (χ1v) is 9.10. The molecule has 1 amide bonds. The molecule has 24 heavy (non-hydrogen) atoms. The van der Waals surface area contributed by atoms with E-state index in [1.807, 2.05) is 31.2 Å². The maximum atomic E-state index is 12.2. The number of aryl methyl sites for hydroxylation is 3. The minimum absolute atomic E-state index is 0.00523. The van der Waals surface area contributed by atoms with Crippen molar-refractivity contribution in [3.8, 4) is 0 Å². The zero-order chi connectivity index (χ0) is 17.1. The fourth-order valence-electron chi connectivity index (χ4n) is 2.74. The first kappa shape index (κ1) is 16.7. The van der Waals surface area contributed by atoms with E-state index in [-0.39, 0.29) is 5.91 Å². The summed E-state index contributed by atoms with van der Waals surface area (Å²) in [5.74, 6) is 0.841. The number of thioether (sulfide) groups is 1. The molecule has 0 radical (unpaired) electrons. The van der Waals surface area contributed by atoms with Crippen LogP contribution in [0.2, 0.25) is 0 Å². The molecule has 2 aromatic carbocycles. The van der Waals surface area contributed by atoms with Crippen molar-refractivity contribution < 1.29 is 4.79 Å². The van der Waals surface area contributed by atoms with Gasteiger partial charge in [0.25, 0.3) is 5.91 Å². The molecule has 0 bridgehead atoms. The third kappa shape index (κ3) is 3.49. The van der Waals surface area contributed by atoms with E-state index in [9.17, 15) is 4.79 Å². The van der Waals surface area contributed by atoms with Gasteiger partial charge in [0.2, 0.25) is 0 Å². The Hall–Kier alpha value is -2.20. The number of carbonyl (C=O) groups is 1. The summed E-state index contributed by atoms with van der Waals surface area (Å²) in [6.07, 6.45) is 0. The molecule has 4 heteroatoms. The van der Waals surface area contributed by atoms with E-state index in [4.69, 9.17) is 0 Å². The Morgan fingerprint density at radius 1 is 1.08 bits per heavy atom. The summed E-state index contributed by atoms with van der Waals surface area (Å²) in [6.45, 7) is 6.82. The van der Waals surface area contributed by atoms with E-state index < -0.39 is 0 Å². The molecular weight excluding hydrogens is 316 g/mol. The number of aromatic nitrogens is 1. The molecule has 0 saturated carbocycles. The first-order chi connectivity index (χ1) is 11.6. The second-order valence-corrected chi connectivity index (χ2v) is 7.13. The van der Waals surface area contributed by atoms with Crippen LogP contribution < -0.4 is 5.32 Å².